The minimum Gasteiger partial charge on any atom is -0.309 e. The van der Waals surface area contributed by atoms with Gasteiger partial charge in [0.15, 0.2) is 0 Å². The second-order valence-electron chi connectivity index (χ2n) is 6.82. The first-order valence-corrected chi connectivity index (χ1v) is 8.89. The number of nitrogens with one attached hydrogen (secondary N) is 1. The van der Waals surface area contributed by atoms with Gasteiger partial charge in [-0.3, -0.25) is 0 Å². The molecule has 3 aromatic rings. The Morgan fingerprint density at radius 2 is 1.48 bits per heavy atom. The lowest BCUT2D eigenvalue weighted by Gasteiger charge is -2.07. The molecule has 1 nitrogen and oxygen atoms in total. The maximum Gasteiger partial charge on any atom is 0.127 e. The molecule has 0 aromatic heterocycles. The van der Waals surface area contributed by atoms with E-state index in [9.17, 15) is 4.39 Å². The third-order valence-electron chi connectivity index (χ3n) is 4.96. The van der Waals surface area contributed by atoms with Crippen molar-refractivity contribution in [1.82, 2.24) is 5.32 Å². The Balaban J connectivity index is 1.32. The minimum absolute atomic E-state index is 0.127. The predicted molar refractivity (Wildman–Crippen MR) is 100 cm³/mol. The molecule has 0 heterocycles. The van der Waals surface area contributed by atoms with Crippen LogP contribution in [0, 0.1) is 5.82 Å². The molecule has 4 rings (SSSR count). The van der Waals surface area contributed by atoms with Crippen LogP contribution < -0.4 is 5.32 Å². The van der Waals surface area contributed by atoms with Crippen LogP contribution in [0.15, 0.2) is 78.9 Å². The molecule has 0 bridgehead atoms. The predicted octanol–water partition coefficient (Wildman–Crippen LogP) is 5.06. The van der Waals surface area contributed by atoms with E-state index in [0.717, 1.165) is 18.4 Å². The molecule has 1 aliphatic carbocycles. The molecule has 0 aliphatic heterocycles. The number of hydrogen-bond donors (Lipinski definition) is 1. The van der Waals surface area contributed by atoms with Gasteiger partial charge >= 0.3 is 0 Å². The summed E-state index contributed by atoms with van der Waals surface area (Å²) in [6.45, 7) is 0.597. The molecule has 0 amide bonds. The molecular weight excluding hydrogens is 309 g/mol. The van der Waals surface area contributed by atoms with Crippen molar-refractivity contribution in [3.05, 3.63) is 107 Å². The number of hydrogen-bond acceptors (Lipinski definition) is 1. The van der Waals surface area contributed by atoms with Crippen LogP contribution in [0.2, 0.25) is 0 Å². The summed E-state index contributed by atoms with van der Waals surface area (Å²) >= 11 is 0. The van der Waals surface area contributed by atoms with Gasteiger partial charge in [-0.05, 0) is 35.6 Å². The standard InChI is InChI=1S/C23H22FN/c24-22-9-5-4-8-20(22)16-25-23-15-21(23)19-12-10-18(11-13-19)14-17-6-2-1-3-7-17/h1-13,21,23,25H,14-16H2. The van der Waals surface area contributed by atoms with E-state index >= 15 is 0 Å². The first-order valence-electron chi connectivity index (χ1n) is 8.89. The van der Waals surface area contributed by atoms with Gasteiger partial charge in [0.1, 0.15) is 5.82 Å². The lowest BCUT2D eigenvalue weighted by atomic mass is 10.0. The third-order valence-corrected chi connectivity index (χ3v) is 4.96. The molecule has 0 radical (unpaired) electrons. The molecule has 126 valence electrons. The van der Waals surface area contributed by atoms with Crippen LogP contribution in [0.25, 0.3) is 0 Å². The molecule has 1 aliphatic rings. The number of halogens is 1. The summed E-state index contributed by atoms with van der Waals surface area (Å²) in [5, 5.41) is 3.48. The Bertz CT molecular complexity index is 826. The first-order chi connectivity index (χ1) is 12.3. The summed E-state index contributed by atoms with van der Waals surface area (Å²) in [6, 6.07) is 26.9. The van der Waals surface area contributed by atoms with Crippen molar-refractivity contribution in [2.24, 2.45) is 0 Å². The highest BCUT2D eigenvalue weighted by Gasteiger charge is 2.37. The van der Waals surface area contributed by atoms with E-state index in [0.29, 0.717) is 18.5 Å². The van der Waals surface area contributed by atoms with Crippen LogP contribution >= 0.6 is 0 Å². The SMILES string of the molecule is Fc1ccccc1CNC1CC1c1ccc(Cc2ccccc2)cc1. The van der Waals surface area contributed by atoms with Gasteiger partial charge in [-0.1, -0.05) is 72.8 Å². The molecule has 0 spiro atoms. The molecule has 2 atom stereocenters. The van der Waals surface area contributed by atoms with Crippen molar-refractivity contribution < 1.29 is 4.39 Å². The second kappa shape index (κ2) is 7.20. The molecule has 25 heavy (non-hydrogen) atoms. The van der Waals surface area contributed by atoms with E-state index in [1.807, 2.05) is 18.2 Å². The van der Waals surface area contributed by atoms with Gasteiger partial charge in [-0.2, -0.15) is 0 Å². The normalized spacial score (nSPS) is 18.9. The van der Waals surface area contributed by atoms with Gasteiger partial charge in [0.05, 0.1) is 0 Å². The summed E-state index contributed by atoms with van der Waals surface area (Å²) in [6.07, 6.45) is 2.10. The molecule has 2 heteroatoms. The number of rotatable bonds is 6. The fraction of sp³-hybridized carbons (Fsp3) is 0.217. The van der Waals surface area contributed by atoms with Gasteiger partial charge in [-0.15, -0.1) is 0 Å². The molecule has 2 unspecified atom stereocenters. The van der Waals surface area contributed by atoms with Crippen LogP contribution in [0.3, 0.4) is 0 Å². The lowest BCUT2D eigenvalue weighted by molar-refractivity contribution is 0.584. The Labute approximate surface area is 148 Å². The third kappa shape index (κ3) is 3.97. The Hall–Kier alpha value is -2.45. The summed E-state index contributed by atoms with van der Waals surface area (Å²) in [5.74, 6) is 0.426. The van der Waals surface area contributed by atoms with Crippen molar-refractivity contribution in [2.75, 3.05) is 0 Å². The first kappa shape index (κ1) is 16.0. The van der Waals surface area contributed by atoms with E-state index in [4.69, 9.17) is 0 Å². The van der Waals surface area contributed by atoms with E-state index in [1.165, 1.54) is 22.8 Å². The van der Waals surface area contributed by atoms with Crippen molar-refractivity contribution in [3.63, 3.8) is 0 Å². The van der Waals surface area contributed by atoms with Gasteiger partial charge in [0.2, 0.25) is 0 Å². The summed E-state index contributed by atoms with van der Waals surface area (Å²) in [4.78, 5) is 0. The largest absolute Gasteiger partial charge is 0.309 e. The van der Waals surface area contributed by atoms with Crippen molar-refractivity contribution >= 4 is 0 Å². The van der Waals surface area contributed by atoms with E-state index in [-0.39, 0.29) is 5.82 Å². The van der Waals surface area contributed by atoms with Gasteiger partial charge in [0.25, 0.3) is 0 Å². The fourth-order valence-electron chi connectivity index (χ4n) is 3.39. The highest BCUT2D eigenvalue weighted by Crippen LogP contribution is 2.41. The summed E-state index contributed by atoms with van der Waals surface area (Å²) < 4.78 is 13.7. The Morgan fingerprint density at radius 3 is 2.24 bits per heavy atom. The van der Waals surface area contributed by atoms with E-state index in [2.05, 4.69) is 53.8 Å². The zero-order valence-corrected chi connectivity index (χ0v) is 14.2. The van der Waals surface area contributed by atoms with Crippen LogP contribution in [-0.2, 0) is 13.0 Å². The average Bonchev–Trinajstić information content (AvgIpc) is 3.42. The topological polar surface area (TPSA) is 12.0 Å². The van der Waals surface area contributed by atoms with Gasteiger partial charge in [-0.25, -0.2) is 4.39 Å². The second-order valence-corrected chi connectivity index (χ2v) is 6.82. The molecule has 3 aromatic carbocycles. The molecule has 1 fully saturated rings. The fourth-order valence-corrected chi connectivity index (χ4v) is 3.39. The van der Waals surface area contributed by atoms with Gasteiger partial charge in [0, 0.05) is 24.1 Å². The van der Waals surface area contributed by atoms with Crippen molar-refractivity contribution in [3.8, 4) is 0 Å². The van der Waals surface area contributed by atoms with Crippen LogP contribution in [0.5, 0.6) is 0 Å². The zero-order chi connectivity index (χ0) is 17.1. The van der Waals surface area contributed by atoms with Crippen LogP contribution in [0.4, 0.5) is 4.39 Å². The lowest BCUT2D eigenvalue weighted by Crippen LogP contribution is -2.18. The van der Waals surface area contributed by atoms with E-state index in [1.54, 1.807) is 6.07 Å². The molecule has 0 saturated heterocycles. The highest BCUT2D eigenvalue weighted by atomic mass is 19.1. The van der Waals surface area contributed by atoms with Crippen molar-refractivity contribution in [2.45, 2.75) is 31.3 Å². The van der Waals surface area contributed by atoms with E-state index < -0.39 is 0 Å². The molecule has 1 saturated carbocycles. The maximum absolute atomic E-state index is 13.7. The van der Waals surface area contributed by atoms with Crippen LogP contribution in [-0.4, -0.2) is 6.04 Å². The minimum atomic E-state index is -0.127. The van der Waals surface area contributed by atoms with Gasteiger partial charge < -0.3 is 5.32 Å². The van der Waals surface area contributed by atoms with Crippen molar-refractivity contribution in [1.29, 1.82) is 0 Å². The highest BCUT2D eigenvalue weighted by molar-refractivity contribution is 5.33. The maximum atomic E-state index is 13.7. The zero-order valence-electron chi connectivity index (χ0n) is 14.2. The Morgan fingerprint density at radius 1 is 0.800 bits per heavy atom. The quantitative estimate of drug-likeness (QED) is 0.665. The number of benzene rings is 3. The van der Waals surface area contributed by atoms with Crippen LogP contribution in [0.1, 0.15) is 34.6 Å². The summed E-state index contributed by atoms with van der Waals surface area (Å²) in [5.41, 5.74) is 4.80. The average molecular weight is 331 g/mol. The summed E-state index contributed by atoms with van der Waals surface area (Å²) in [7, 11) is 0. The molecular formula is C23H22FN. The smallest absolute Gasteiger partial charge is 0.127 e. The monoisotopic (exact) mass is 331 g/mol. The molecule has 1 N–H and O–H groups in total. The Kier molecular flexibility index (Phi) is 4.62.